The predicted molar refractivity (Wildman–Crippen MR) is 112 cm³/mol. The first-order chi connectivity index (χ1) is 12.9. The minimum absolute atomic E-state index is 0.0211. The minimum Gasteiger partial charge on any atom is -0.497 e. The lowest BCUT2D eigenvalue weighted by Gasteiger charge is -2.32. The van der Waals surface area contributed by atoms with E-state index in [0.29, 0.717) is 0 Å². The number of nitrogens with one attached hydrogen (secondary N) is 1. The maximum absolute atomic E-state index is 12.9. The van der Waals surface area contributed by atoms with E-state index >= 15 is 0 Å². The first-order valence-electron chi connectivity index (χ1n) is 9.71. The first-order valence-corrected chi connectivity index (χ1v) is 9.71. The second-order valence-electron chi connectivity index (χ2n) is 8.02. The van der Waals surface area contributed by atoms with Crippen LogP contribution in [0, 0.1) is 5.92 Å². The number of ether oxygens (including phenoxy) is 1. The fraction of sp³-hybridized carbons (Fsp3) is 0.435. The topological polar surface area (TPSA) is 41.6 Å². The van der Waals surface area contributed by atoms with Crippen LogP contribution >= 0.6 is 0 Å². The van der Waals surface area contributed by atoms with E-state index in [2.05, 4.69) is 29.3 Å². The van der Waals surface area contributed by atoms with Crippen LogP contribution in [-0.2, 0) is 10.2 Å². The van der Waals surface area contributed by atoms with Crippen LogP contribution in [0.25, 0.3) is 0 Å². The van der Waals surface area contributed by atoms with Gasteiger partial charge in [0.15, 0.2) is 0 Å². The van der Waals surface area contributed by atoms with Crippen LogP contribution in [-0.4, -0.2) is 26.1 Å². The van der Waals surface area contributed by atoms with Crippen molar-refractivity contribution in [3.05, 3.63) is 54.1 Å². The molecular formula is C23H30N2O2. The van der Waals surface area contributed by atoms with Gasteiger partial charge in [-0.05, 0) is 74.6 Å². The van der Waals surface area contributed by atoms with E-state index in [1.54, 1.807) is 7.11 Å². The summed E-state index contributed by atoms with van der Waals surface area (Å²) in [6.07, 6.45) is 2.49. The Morgan fingerprint density at radius 1 is 1.04 bits per heavy atom. The normalized spacial score (nSPS) is 15.5. The van der Waals surface area contributed by atoms with Gasteiger partial charge in [-0.1, -0.05) is 19.1 Å². The van der Waals surface area contributed by atoms with Gasteiger partial charge in [0.25, 0.3) is 0 Å². The van der Waals surface area contributed by atoms with Gasteiger partial charge < -0.3 is 15.0 Å². The summed E-state index contributed by atoms with van der Waals surface area (Å²) in [7, 11) is 1.64. The molecule has 27 heavy (non-hydrogen) atoms. The van der Waals surface area contributed by atoms with Crippen LogP contribution < -0.4 is 15.0 Å². The lowest BCUT2D eigenvalue weighted by atomic mass is 9.83. The van der Waals surface area contributed by atoms with Gasteiger partial charge in [0.1, 0.15) is 5.75 Å². The first kappa shape index (κ1) is 19.3. The van der Waals surface area contributed by atoms with Crippen LogP contribution in [0.3, 0.4) is 0 Å². The molecule has 0 atom stereocenters. The fourth-order valence-corrected chi connectivity index (χ4v) is 3.45. The Balaban J connectivity index is 1.65. The highest BCUT2D eigenvalue weighted by Crippen LogP contribution is 2.28. The van der Waals surface area contributed by atoms with E-state index in [1.165, 1.54) is 18.5 Å². The smallest absolute Gasteiger partial charge is 0.234 e. The Morgan fingerprint density at radius 3 is 2.19 bits per heavy atom. The second kappa shape index (κ2) is 8.03. The lowest BCUT2D eigenvalue weighted by Crippen LogP contribution is -2.34. The molecule has 1 heterocycles. The predicted octanol–water partition coefficient (Wildman–Crippen LogP) is 4.85. The maximum Gasteiger partial charge on any atom is 0.234 e. The standard InChI is InChI=1S/C23H30N2O2/c1-17-13-15-25(16-14-17)20-9-7-19(8-10-20)24-22(26)23(2,3)18-5-11-21(27-4)12-6-18/h5-12,17H,13-16H2,1-4H3,(H,24,26). The van der Waals surface area contributed by atoms with Crippen molar-refractivity contribution in [1.29, 1.82) is 0 Å². The summed E-state index contributed by atoms with van der Waals surface area (Å²) in [5.41, 5.74) is 2.39. The number of carbonyl (C=O) groups excluding carboxylic acids is 1. The molecule has 1 N–H and O–H groups in total. The minimum atomic E-state index is -0.631. The number of rotatable bonds is 5. The molecule has 0 radical (unpaired) electrons. The highest BCUT2D eigenvalue weighted by Gasteiger charge is 2.30. The van der Waals surface area contributed by atoms with E-state index in [4.69, 9.17) is 4.74 Å². The molecule has 2 aromatic carbocycles. The third-order valence-electron chi connectivity index (χ3n) is 5.65. The molecule has 1 saturated heterocycles. The Bertz CT molecular complexity index is 758. The summed E-state index contributed by atoms with van der Waals surface area (Å²) >= 11 is 0. The van der Waals surface area contributed by atoms with Crippen molar-refractivity contribution >= 4 is 17.3 Å². The number of anilines is 2. The number of piperidine rings is 1. The Labute approximate surface area is 162 Å². The zero-order valence-corrected chi connectivity index (χ0v) is 16.8. The van der Waals surface area contributed by atoms with E-state index in [0.717, 1.165) is 36.0 Å². The molecule has 4 nitrogen and oxygen atoms in total. The molecule has 1 amide bonds. The summed E-state index contributed by atoms with van der Waals surface area (Å²) in [5.74, 6) is 1.59. The van der Waals surface area contributed by atoms with Gasteiger partial charge in [0.05, 0.1) is 12.5 Å². The van der Waals surface area contributed by atoms with E-state index in [1.807, 2.05) is 50.2 Å². The lowest BCUT2D eigenvalue weighted by molar-refractivity contribution is -0.120. The van der Waals surface area contributed by atoms with Gasteiger partial charge in [0.2, 0.25) is 5.91 Å². The number of amides is 1. The molecule has 4 heteroatoms. The highest BCUT2D eigenvalue weighted by atomic mass is 16.5. The van der Waals surface area contributed by atoms with Crippen molar-refractivity contribution in [2.24, 2.45) is 5.92 Å². The van der Waals surface area contributed by atoms with Gasteiger partial charge >= 0.3 is 0 Å². The number of carbonyl (C=O) groups is 1. The van der Waals surface area contributed by atoms with Gasteiger partial charge in [-0.3, -0.25) is 4.79 Å². The maximum atomic E-state index is 12.9. The van der Waals surface area contributed by atoms with Gasteiger partial charge in [0, 0.05) is 24.5 Å². The molecule has 144 valence electrons. The molecule has 1 aliphatic rings. The van der Waals surface area contributed by atoms with Crippen molar-refractivity contribution in [2.75, 3.05) is 30.4 Å². The van der Waals surface area contributed by atoms with Gasteiger partial charge in [-0.2, -0.15) is 0 Å². The molecule has 2 aromatic rings. The summed E-state index contributed by atoms with van der Waals surface area (Å²) in [6.45, 7) is 8.41. The van der Waals surface area contributed by atoms with E-state index in [9.17, 15) is 4.79 Å². The quantitative estimate of drug-likeness (QED) is 0.823. The SMILES string of the molecule is COc1ccc(C(C)(C)C(=O)Nc2ccc(N3CCC(C)CC3)cc2)cc1. The molecule has 3 rings (SSSR count). The molecule has 1 aliphatic heterocycles. The summed E-state index contributed by atoms with van der Waals surface area (Å²) in [4.78, 5) is 15.3. The highest BCUT2D eigenvalue weighted by molar-refractivity contribution is 5.98. The van der Waals surface area contributed by atoms with Gasteiger partial charge in [-0.15, -0.1) is 0 Å². The Morgan fingerprint density at radius 2 is 1.63 bits per heavy atom. The molecule has 0 spiro atoms. The zero-order chi connectivity index (χ0) is 19.4. The molecule has 0 aliphatic carbocycles. The summed E-state index contributed by atoms with van der Waals surface area (Å²) in [6, 6.07) is 15.9. The average molecular weight is 367 g/mol. The molecule has 1 fully saturated rings. The van der Waals surface area contributed by atoms with Crippen LogP contribution in [0.5, 0.6) is 5.75 Å². The Hall–Kier alpha value is -2.49. The van der Waals surface area contributed by atoms with E-state index < -0.39 is 5.41 Å². The molecule has 0 unspecified atom stereocenters. The fourth-order valence-electron chi connectivity index (χ4n) is 3.45. The van der Waals surface area contributed by atoms with Crippen molar-refractivity contribution in [3.8, 4) is 5.75 Å². The molecule has 0 bridgehead atoms. The number of hydrogen-bond donors (Lipinski definition) is 1. The number of nitrogens with zero attached hydrogens (tertiary/aromatic N) is 1. The van der Waals surface area contributed by atoms with Crippen LogP contribution in [0.15, 0.2) is 48.5 Å². The zero-order valence-electron chi connectivity index (χ0n) is 16.8. The summed E-state index contributed by atoms with van der Waals surface area (Å²) in [5, 5.41) is 3.06. The molecule has 0 aromatic heterocycles. The van der Waals surface area contributed by atoms with Crippen LogP contribution in [0.4, 0.5) is 11.4 Å². The Kier molecular flexibility index (Phi) is 5.73. The van der Waals surface area contributed by atoms with Crippen LogP contribution in [0.2, 0.25) is 0 Å². The number of methoxy groups -OCH3 is 1. The average Bonchev–Trinajstić information content (AvgIpc) is 2.69. The van der Waals surface area contributed by atoms with Crippen LogP contribution in [0.1, 0.15) is 39.2 Å². The second-order valence-corrected chi connectivity index (χ2v) is 8.02. The van der Waals surface area contributed by atoms with Gasteiger partial charge in [-0.25, -0.2) is 0 Å². The monoisotopic (exact) mass is 366 g/mol. The number of benzene rings is 2. The van der Waals surface area contributed by atoms with Crippen molar-refractivity contribution in [3.63, 3.8) is 0 Å². The van der Waals surface area contributed by atoms with E-state index in [-0.39, 0.29) is 5.91 Å². The summed E-state index contributed by atoms with van der Waals surface area (Å²) < 4.78 is 5.20. The number of hydrogen-bond acceptors (Lipinski definition) is 3. The molecular weight excluding hydrogens is 336 g/mol. The largest absolute Gasteiger partial charge is 0.497 e. The van der Waals surface area contributed by atoms with Crippen molar-refractivity contribution < 1.29 is 9.53 Å². The molecule has 0 saturated carbocycles. The van der Waals surface area contributed by atoms with Crippen molar-refractivity contribution in [2.45, 2.75) is 39.0 Å². The third kappa shape index (κ3) is 4.44. The third-order valence-corrected chi connectivity index (χ3v) is 5.65. The van der Waals surface area contributed by atoms with Crippen molar-refractivity contribution in [1.82, 2.24) is 0 Å².